The molecule has 9 nitrogen and oxygen atoms in total. The number of amides is 1. The summed E-state index contributed by atoms with van der Waals surface area (Å²) in [6.07, 6.45) is -1.80. The normalized spacial score (nSPS) is 18.3. The highest BCUT2D eigenvalue weighted by Crippen LogP contribution is 2.49. The van der Waals surface area contributed by atoms with Crippen molar-refractivity contribution >= 4 is 38.4 Å². The second-order valence-corrected chi connectivity index (χ2v) is 15.0. The van der Waals surface area contributed by atoms with Crippen molar-refractivity contribution in [2.45, 2.75) is 51.1 Å². The van der Waals surface area contributed by atoms with E-state index in [1.54, 1.807) is 22.0 Å². The van der Waals surface area contributed by atoms with Crippen molar-refractivity contribution in [2.24, 2.45) is 7.05 Å². The molecule has 286 valence electrons. The first kappa shape index (κ1) is 36.7. The third-order valence-corrected chi connectivity index (χ3v) is 11.4. The van der Waals surface area contributed by atoms with Gasteiger partial charge in [-0.1, -0.05) is 12.6 Å². The number of alkyl halides is 3. The van der Waals surface area contributed by atoms with Crippen LogP contribution in [0, 0.1) is 17.5 Å². The molecule has 4 aromatic heterocycles. The Bertz CT molecular complexity index is 2480. The lowest BCUT2D eigenvalue weighted by Gasteiger charge is -2.36. The smallest absolute Gasteiger partial charge is 0.401 e. The van der Waals surface area contributed by atoms with Crippen molar-refractivity contribution < 1.29 is 35.9 Å². The molecule has 0 N–H and O–H groups in total. The molecule has 1 saturated heterocycles. The second-order valence-electron chi connectivity index (χ2n) is 14.1. The Labute approximate surface area is 315 Å². The average molecular weight is 780 g/mol. The lowest BCUT2D eigenvalue weighted by molar-refractivity contribution is -0.149. The fourth-order valence-electron chi connectivity index (χ4n) is 7.76. The van der Waals surface area contributed by atoms with Gasteiger partial charge < -0.3 is 14.2 Å². The molecule has 2 atom stereocenters. The molecule has 0 spiro atoms. The Morgan fingerprint density at radius 1 is 1.04 bits per heavy atom. The van der Waals surface area contributed by atoms with Crippen LogP contribution >= 0.6 is 11.3 Å². The van der Waals surface area contributed by atoms with Crippen LogP contribution in [-0.4, -0.2) is 78.5 Å². The van der Waals surface area contributed by atoms with Gasteiger partial charge >= 0.3 is 6.18 Å². The monoisotopic (exact) mass is 779 g/mol. The van der Waals surface area contributed by atoms with Crippen molar-refractivity contribution in [3.8, 4) is 39.5 Å². The van der Waals surface area contributed by atoms with E-state index in [9.17, 15) is 18.0 Å². The number of hydrogen-bond acceptors (Lipinski definition) is 7. The zero-order valence-electron chi connectivity index (χ0n) is 30.0. The van der Waals surface area contributed by atoms with Crippen LogP contribution in [0.2, 0.25) is 0 Å². The van der Waals surface area contributed by atoms with Crippen molar-refractivity contribution in [3.05, 3.63) is 83.9 Å². The Kier molecular flexibility index (Phi) is 9.23. The Morgan fingerprint density at radius 2 is 1.80 bits per heavy atom. The molecule has 0 bridgehead atoms. The summed E-state index contributed by atoms with van der Waals surface area (Å²) in [6, 6.07) is 8.23. The summed E-state index contributed by atoms with van der Waals surface area (Å²) in [4.78, 5) is 25.3. The molecule has 16 heteroatoms. The Morgan fingerprint density at radius 3 is 2.53 bits per heavy atom. The minimum absolute atomic E-state index is 0.0111. The maximum Gasteiger partial charge on any atom is 0.401 e. The first-order valence-corrected chi connectivity index (χ1v) is 18.6. The van der Waals surface area contributed by atoms with Gasteiger partial charge in [-0.2, -0.15) is 18.3 Å². The maximum atomic E-state index is 16.5. The van der Waals surface area contributed by atoms with E-state index in [-0.39, 0.29) is 71.5 Å². The average Bonchev–Trinajstić information content (AvgIpc) is 3.86. The van der Waals surface area contributed by atoms with E-state index in [4.69, 9.17) is 14.8 Å². The van der Waals surface area contributed by atoms with Gasteiger partial charge in [-0.25, -0.2) is 23.1 Å². The highest BCUT2D eigenvalue weighted by atomic mass is 32.1. The van der Waals surface area contributed by atoms with E-state index in [0.717, 1.165) is 22.9 Å². The molecular formula is C39H35F6N7O2S. The van der Waals surface area contributed by atoms with Gasteiger partial charge in [-0.05, 0) is 51.0 Å². The lowest BCUT2D eigenvalue weighted by atomic mass is 9.94. The Hall–Kier alpha value is -5.22. The van der Waals surface area contributed by atoms with Crippen LogP contribution in [0.15, 0.2) is 60.8 Å². The number of fused-ring (bicyclic) bond motifs is 3. The summed E-state index contributed by atoms with van der Waals surface area (Å²) in [6.45, 7) is 6.76. The number of nitrogens with zero attached hydrogens (tertiary/aromatic N) is 7. The largest absolute Gasteiger partial charge is 0.489 e. The van der Waals surface area contributed by atoms with Crippen molar-refractivity contribution in [3.63, 3.8) is 0 Å². The van der Waals surface area contributed by atoms with Crippen LogP contribution in [0.1, 0.15) is 44.5 Å². The fourth-order valence-corrected chi connectivity index (χ4v) is 8.69. The minimum atomic E-state index is -4.37. The number of pyridine rings is 1. The Balaban J connectivity index is 1.34. The van der Waals surface area contributed by atoms with E-state index in [1.807, 2.05) is 43.7 Å². The van der Waals surface area contributed by atoms with Crippen LogP contribution in [0.25, 0.3) is 54.9 Å². The molecule has 55 heavy (non-hydrogen) atoms. The van der Waals surface area contributed by atoms with Gasteiger partial charge in [-0.15, -0.1) is 11.3 Å². The van der Waals surface area contributed by atoms with Crippen LogP contribution in [0.3, 0.4) is 0 Å². The number of rotatable bonds is 7. The van der Waals surface area contributed by atoms with E-state index in [0.29, 0.717) is 39.8 Å². The molecule has 6 aromatic rings. The predicted octanol–water partition coefficient (Wildman–Crippen LogP) is 8.85. The van der Waals surface area contributed by atoms with Crippen LogP contribution < -0.4 is 4.74 Å². The number of carbonyl (C=O) groups excluding carboxylic acids is 1. The number of aromatic nitrogens is 5. The fraction of sp³-hybridized carbons (Fsp3) is 0.333. The van der Waals surface area contributed by atoms with Crippen LogP contribution in [0.4, 0.5) is 26.3 Å². The number of thiophene rings is 1. The molecule has 2 aliphatic rings. The number of imidazole rings is 1. The SMILES string of the molecule is C=CC(=O)N1C[C@H](C)n2nc(-c3nc(-c4ccc5c(c4)ncn5C)c4scc(F)c4c3-c3c(F)cc(F)cc3OC3CCN(CC(F)(F)F)CC3)cc2[C@H]1C. The molecule has 1 fully saturated rings. The number of piperidine rings is 1. The van der Waals surface area contributed by atoms with Crippen LogP contribution in [0.5, 0.6) is 5.75 Å². The van der Waals surface area contributed by atoms with Gasteiger partial charge in [0.05, 0.1) is 57.6 Å². The highest BCUT2D eigenvalue weighted by Gasteiger charge is 2.36. The van der Waals surface area contributed by atoms with Gasteiger partial charge in [0.25, 0.3) is 0 Å². The molecule has 2 aliphatic heterocycles. The first-order chi connectivity index (χ1) is 26.2. The number of ether oxygens (including phenoxy) is 1. The molecule has 0 unspecified atom stereocenters. The molecule has 0 aliphatic carbocycles. The highest BCUT2D eigenvalue weighted by molar-refractivity contribution is 7.17. The van der Waals surface area contributed by atoms with Crippen LogP contribution in [-0.2, 0) is 11.8 Å². The van der Waals surface area contributed by atoms with E-state index in [2.05, 4.69) is 11.6 Å². The summed E-state index contributed by atoms with van der Waals surface area (Å²) >= 11 is 1.07. The lowest BCUT2D eigenvalue weighted by Crippen LogP contribution is -2.42. The first-order valence-electron chi connectivity index (χ1n) is 17.7. The third kappa shape index (κ3) is 6.64. The van der Waals surface area contributed by atoms with Gasteiger partial charge in [-0.3, -0.25) is 14.4 Å². The van der Waals surface area contributed by atoms with Gasteiger partial charge in [0.2, 0.25) is 5.91 Å². The zero-order valence-corrected chi connectivity index (χ0v) is 30.8. The quantitative estimate of drug-likeness (QED) is 0.119. The van der Waals surface area contributed by atoms with Gasteiger partial charge in [0.15, 0.2) is 0 Å². The molecule has 2 aromatic carbocycles. The van der Waals surface area contributed by atoms with Crippen molar-refractivity contribution in [1.29, 1.82) is 0 Å². The summed E-state index contributed by atoms with van der Waals surface area (Å²) in [5, 5.41) is 6.22. The predicted molar refractivity (Wildman–Crippen MR) is 197 cm³/mol. The summed E-state index contributed by atoms with van der Waals surface area (Å²) in [7, 11) is 1.86. The summed E-state index contributed by atoms with van der Waals surface area (Å²) in [5.74, 6) is -3.17. The molecule has 0 radical (unpaired) electrons. The molecule has 0 saturated carbocycles. The zero-order chi connectivity index (χ0) is 38.9. The number of hydrogen-bond donors (Lipinski definition) is 0. The number of carbonyl (C=O) groups is 1. The number of halogens is 6. The number of likely N-dealkylation sites (tertiary alicyclic amines) is 1. The minimum Gasteiger partial charge on any atom is -0.489 e. The molecule has 6 heterocycles. The van der Waals surface area contributed by atoms with Crippen molar-refractivity contribution in [2.75, 3.05) is 26.2 Å². The summed E-state index contributed by atoms with van der Waals surface area (Å²) in [5.41, 5.74) is 3.23. The molecule has 1 amide bonds. The topological polar surface area (TPSA) is 81.3 Å². The molecular weight excluding hydrogens is 745 g/mol. The van der Waals surface area contributed by atoms with Gasteiger partial charge in [0, 0.05) is 60.7 Å². The van der Waals surface area contributed by atoms with Gasteiger partial charge in [0.1, 0.15) is 40.7 Å². The number of aryl methyl sites for hydroxylation is 1. The third-order valence-electron chi connectivity index (χ3n) is 10.4. The standard InChI is InChI=1S/C39H35F6N7O2S/c1-5-32(53)51-16-20(2)52-30(21(51)3)15-28(48-52)37-35(33-25(41)13-23(40)14-31(33)54-24-8-10-50(11-9-24)18-39(43,44)45)34-26(42)17-55-38(34)36(47-37)22-6-7-29-27(12-22)46-19-49(29)4/h5-7,12-15,17,19-21,24H,1,8-11,16,18H2,2-4H3/t20-,21+/m0/s1. The van der Waals surface area contributed by atoms with E-state index >= 15 is 13.2 Å². The number of benzene rings is 2. The van der Waals surface area contributed by atoms with Crippen molar-refractivity contribution in [1.82, 2.24) is 34.1 Å². The van der Waals surface area contributed by atoms with E-state index < -0.39 is 42.3 Å². The molecule has 8 rings (SSSR count). The maximum absolute atomic E-state index is 16.5. The summed E-state index contributed by atoms with van der Waals surface area (Å²) < 4.78 is 97.5. The van der Waals surface area contributed by atoms with E-state index in [1.165, 1.54) is 16.4 Å². The second kappa shape index (κ2) is 13.8.